The van der Waals surface area contributed by atoms with Gasteiger partial charge in [-0.05, 0) is 49.6 Å². The number of methoxy groups -OCH3 is 2. The lowest BCUT2D eigenvalue weighted by atomic mass is 9.93. The standard InChI is InChI=1S/C29H35NO6/c1-4-5-8-18-36-21-16-14-19(15-17-21)26(31)24-25(22-12-9-13-23(34-2)28(22)35-3)30(29(33)27(24)32)20-10-6-7-11-20/h9,12-17,20,25,31H,4-8,10-11,18H2,1-3H3/b26-24-. The van der Waals surface area contributed by atoms with Crippen LogP contribution in [0.2, 0.25) is 0 Å². The maximum Gasteiger partial charge on any atom is 0.295 e. The molecular weight excluding hydrogens is 458 g/mol. The molecule has 36 heavy (non-hydrogen) atoms. The van der Waals surface area contributed by atoms with Gasteiger partial charge in [0.25, 0.3) is 11.7 Å². The number of rotatable bonds is 10. The number of carbonyl (C=O) groups is 2. The van der Waals surface area contributed by atoms with Gasteiger partial charge in [0, 0.05) is 17.2 Å². The highest BCUT2D eigenvalue weighted by Crippen LogP contribution is 2.48. The van der Waals surface area contributed by atoms with Gasteiger partial charge < -0.3 is 24.2 Å². The topological polar surface area (TPSA) is 85.3 Å². The largest absolute Gasteiger partial charge is 0.507 e. The van der Waals surface area contributed by atoms with Crippen LogP contribution in [-0.4, -0.2) is 48.6 Å². The van der Waals surface area contributed by atoms with Crippen molar-refractivity contribution in [2.45, 2.75) is 64.0 Å². The molecule has 0 aromatic heterocycles. The Kier molecular flexibility index (Phi) is 8.18. The molecule has 1 heterocycles. The molecule has 1 aliphatic carbocycles. The molecule has 2 aromatic rings. The van der Waals surface area contributed by atoms with E-state index in [1.165, 1.54) is 7.11 Å². The van der Waals surface area contributed by atoms with Gasteiger partial charge in [-0.15, -0.1) is 0 Å². The van der Waals surface area contributed by atoms with Gasteiger partial charge in [-0.25, -0.2) is 0 Å². The molecular formula is C29H35NO6. The van der Waals surface area contributed by atoms with Crippen LogP contribution in [0.5, 0.6) is 17.2 Å². The zero-order valence-electron chi connectivity index (χ0n) is 21.3. The lowest BCUT2D eigenvalue weighted by Crippen LogP contribution is -2.37. The summed E-state index contributed by atoms with van der Waals surface area (Å²) in [6.45, 7) is 2.77. The SMILES string of the molecule is CCCCCOc1ccc(/C(O)=C2/C(=O)C(=O)N(C3CCCC3)C2c2cccc(OC)c2OC)cc1. The van der Waals surface area contributed by atoms with Crippen LogP contribution in [-0.2, 0) is 9.59 Å². The number of Topliss-reactive ketones (excluding diaryl/α,β-unsaturated/α-hetero) is 1. The van der Waals surface area contributed by atoms with Gasteiger partial charge in [0.2, 0.25) is 0 Å². The van der Waals surface area contributed by atoms with E-state index in [9.17, 15) is 14.7 Å². The number of ether oxygens (including phenoxy) is 3. The minimum absolute atomic E-state index is 0.0649. The molecule has 1 amide bonds. The third kappa shape index (κ3) is 4.92. The van der Waals surface area contributed by atoms with Crippen molar-refractivity contribution in [3.05, 3.63) is 59.2 Å². The number of likely N-dealkylation sites (tertiary alicyclic amines) is 1. The van der Waals surface area contributed by atoms with E-state index in [0.29, 0.717) is 35.0 Å². The van der Waals surface area contributed by atoms with Gasteiger partial charge in [-0.2, -0.15) is 0 Å². The first-order valence-electron chi connectivity index (χ1n) is 12.8. The summed E-state index contributed by atoms with van der Waals surface area (Å²) in [5.41, 5.74) is 1.13. The van der Waals surface area contributed by atoms with E-state index in [2.05, 4.69) is 6.92 Å². The molecule has 1 unspecified atom stereocenters. The Morgan fingerprint density at radius 3 is 2.36 bits per heavy atom. The summed E-state index contributed by atoms with van der Waals surface area (Å²) in [5.74, 6) is 0.151. The van der Waals surface area contributed by atoms with E-state index < -0.39 is 17.7 Å². The highest BCUT2D eigenvalue weighted by Gasteiger charge is 2.50. The zero-order chi connectivity index (χ0) is 25.7. The Bertz CT molecular complexity index is 1120. The van der Waals surface area contributed by atoms with Crippen molar-refractivity contribution >= 4 is 17.4 Å². The number of hydrogen-bond donors (Lipinski definition) is 1. The van der Waals surface area contributed by atoms with Crippen molar-refractivity contribution in [2.75, 3.05) is 20.8 Å². The van der Waals surface area contributed by atoms with E-state index in [1.54, 1.807) is 48.4 Å². The first-order chi connectivity index (χ1) is 17.5. The van der Waals surface area contributed by atoms with Gasteiger partial charge >= 0.3 is 0 Å². The molecule has 0 radical (unpaired) electrons. The van der Waals surface area contributed by atoms with Crippen LogP contribution in [0.1, 0.15) is 69.0 Å². The Morgan fingerprint density at radius 1 is 1.00 bits per heavy atom. The monoisotopic (exact) mass is 493 g/mol. The van der Waals surface area contributed by atoms with Crippen LogP contribution in [0.15, 0.2) is 48.0 Å². The van der Waals surface area contributed by atoms with Crippen LogP contribution in [0.25, 0.3) is 5.76 Å². The van der Waals surface area contributed by atoms with Crippen LogP contribution < -0.4 is 14.2 Å². The number of unbranched alkanes of at least 4 members (excludes halogenated alkanes) is 2. The molecule has 4 rings (SSSR count). The van der Waals surface area contributed by atoms with E-state index in [4.69, 9.17) is 14.2 Å². The van der Waals surface area contributed by atoms with Crippen molar-refractivity contribution in [1.29, 1.82) is 0 Å². The fraction of sp³-hybridized carbons (Fsp3) is 0.448. The lowest BCUT2D eigenvalue weighted by Gasteiger charge is -2.31. The first-order valence-corrected chi connectivity index (χ1v) is 12.8. The second kappa shape index (κ2) is 11.5. The van der Waals surface area contributed by atoms with Gasteiger partial charge in [0.15, 0.2) is 11.5 Å². The quantitative estimate of drug-likeness (QED) is 0.200. The van der Waals surface area contributed by atoms with Crippen molar-refractivity contribution in [1.82, 2.24) is 4.90 Å². The van der Waals surface area contributed by atoms with E-state index in [-0.39, 0.29) is 17.4 Å². The third-order valence-electron chi connectivity index (χ3n) is 7.07. The number of para-hydroxylation sites is 1. The lowest BCUT2D eigenvalue weighted by molar-refractivity contribution is -0.141. The number of aliphatic hydroxyl groups is 1. The number of ketones is 1. The van der Waals surface area contributed by atoms with Gasteiger partial charge in [0.1, 0.15) is 11.5 Å². The molecule has 0 bridgehead atoms. The van der Waals surface area contributed by atoms with Crippen LogP contribution in [0.4, 0.5) is 0 Å². The number of carbonyl (C=O) groups excluding carboxylic acids is 2. The van der Waals surface area contributed by atoms with Gasteiger partial charge in [0.05, 0.1) is 32.4 Å². The van der Waals surface area contributed by atoms with Gasteiger partial charge in [-0.3, -0.25) is 9.59 Å². The van der Waals surface area contributed by atoms with E-state index in [0.717, 1.165) is 44.9 Å². The number of amides is 1. The Hall–Kier alpha value is -3.48. The maximum absolute atomic E-state index is 13.4. The van der Waals surface area contributed by atoms with Crippen LogP contribution in [0.3, 0.4) is 0 Å². The molecule has 7 heteroatoms. The number of hydrogen-bond acceptors (Lipinski definition) is 6. The number of aliphatic hydroxyl groups excluding tert-OH is 1. The summed E-state index contributed by atoms with van der Waals surface area (Å²) in [4.78, 5) is 28.4. The molecule has 2 aliphatic rings. The molecule has 1 atom stereocenters. The van der Waals surface area contributed by atoms with Crippen LogP contribution in [0, 0.1) is 0 Å². The van der Waals surface area contributed by atoms with Gasteiger partial charge in [-0.1, -0.05) is 44.7 Å². The Labute approximate surface area is 212 Å². The Morgan fingerprint density at radius 2 is 1.72 bits per heavy atom. The predicted molar refractivity (Wildman–Crippen MR) is 137 cm³/mol. The normalized spacial score (nSPS) is 19.6. The maximum atomic E-state index is 13.4. The molecule has 192 valence electrons. The highest BCUT2D eigenvalue weighted by molar-refractivity contribution is 6.46. The Balaban J connectivity index is 1.77. The average molecular weight is 494 g/mol. The molecule has 7 nitrogen and oxygen atoms in total. The average Bonchev–Trinajstić information content (AvgIpc) is 3.52. The third-order valence-corrected chi connectivity index (χ3v) is 7.07. The van der Waals surface area contributed by atoms with E-state index in [1.807, 2.05) is 6.07 Å². The van der Waals surface area contributed by atoms with Crippen molar-refractivity contribution < 1.29 is 28.9 Å². The molecule has 2 aromatic carbocycles. The summed E-state index contributed by atoms with van der Waals surface area (Å²) in [6, 6.07) is 11.5. The number of nitrogens with zero attached hydrogens (tertiary/aromatic N) is 1. The first kappa shape index (κ1) is 25.6. The van der Waals surface area contributed by atoms with Crippen molar-refractivity contribution in [2.24, 2.45) is 0 Å². The minimum Gasteiger partial charge on any atom is -0.507 e. The van der Waals surface area contributed by atoms with E-state index >= 15 is 0 Å². The molecule has 0 spiro atoms. The highest BCUT2D eigenvalue weighted by atomic mass is 16.5. The summed E-state index contributed by atoms with van der Waals surface area (Å²) in [6.07, 6.45) is 6.83. The van der Waals surface area contributed by atoms with Crippen molar-refractivity contribution in [3.63, 3.8) is 0 Å². The fourth-order valence-corrected chi connectivity index (χ4v) is 5.25. The second-order valence-corrected chi connectivity index (χ2v) is 9.31. The molecule has 1 saturated carbocycles. The molecule has 1 aliphatic heterocycles. The van der Waals surface area contributed by atoms with Crippen molar-refractivity contribution in [3.8, 4) is 17.2 Å². The van der Waals surface area contributed by atoms with Crippen LogP contribution >= 0.6 is 0 Å². The summed E-state index contributed by atoms with van der Waals surface area (Å²) in [5, 5.41) is 11.4. The number of benzene rings is 2. The smallest absolute Gasteiger partial charge is 0.295 e. The molecule has 1 N–H and O–H groups in total. The molecule has 1 saturated heterocycles. The second-order valence-electron chi connectivity index (χ2n) is 9.31. The summed E-state index contributed by atoms with van der Waals surface area (Å²) in [7, 11) is 3.07. The molecule has 2 fully saturated rings. The minimum atomic E-state index is -0.775. The summed E-state index contributed by atoms with van der Waals surface area (Å²) >= 11 is 0. The predicted octanol–water partition coefficient (Wildman–Crippen LogP) is 5.64. The fourth-order valence-electron chi connectivity index (χ4n) is 5.25. The zero-order valence-corrected chi connectivity index (χ0v) is 21.3. The summed E-state index contributed by atoms with van der Waals surface area (Å²) < 4.78 is 16.9.